The third kappa shape index (κ3) is 3.58. The molecule has 1 saturated heterocycles. The van der Waals surface area contributed by atoms with E-state index in [2.05, 4.69) is 21.2 Å². The minimum atomic E-state index is -0.474. The molecule has 1 heterocycles. The summed E-state index contributed by atoms with van der Waals surface area (Å²) in [5.41, 5.74) is 0.144. The zero-order valence-corrected chi connectivity index (χ0v) is 13.2. The van der Waals surface area contributed by atoms with Gasteiger partial charge in [0.2, 0.25) is 0 Å². The van der Waals surface area contributed by atoms with Crippen molar-refractivity contribution in [2.75, 3.05) is 19.6 Å². The number of hydrogen-bond acceptors (Lipinski definition) is 2. The molecule has 0 radical (unpaired) electrons. The lowest BCUT2D eigenvalue weighted by Crippen LogP contribution is -2.41. The average molecular weight is 343 g/mol. The first-order valence-electron chi connectivity index (χ1n) is 7.10. The molecule has 2 rings (SSSR count). The second-order valence-corrected chi connectivity index (χ2v) is 6.00. The summed E-state index contributed by atoms with van der Waals surface area (Å²) in [7, 11) is 0. The van der Waals surface area contributed by atoms with Gasteiger partial charge in [0, 0.05) is 19.1 Å². The number of carbonyl (C=O) groups is 1. The van der Waals surface area contributed by atoms with Crippen molar-refractivity contribution in [2.24, 2.45) is 0 Å². The van der Waals surface area contributed by atoms with Gasteiger partial charge in [-0.05, 0) is 53.9 Å². The molecule has 1 aliphatic rings. The average Bonchev–Trinajstić information content (AvgIpc) is 2.94. The molecule has 1 unspecified atom stereocenters. The molecule has 0 spiro atoms. The summed E-state index contributed by atoms with van der Waals surface area (Å²) < 4.78 is 14.4. The molecule has 1 aromatic rings. The Bertz CT molecular complexity index is 475. The summed E-state index contributed by atoms with van der Waals surface area (Å²) in [5.74, 6) is -0.697. The largest absolute Gasteiger partial charge is 0.337 e. The van der Waals surface area contributed by atoms with Crippen LogP contribution < -0.4 is 5.32 Å². The fourth-order valence-corrected chi connectivity index (χ4v) is 2.93. The van der Waals surface area contributed by atoms with Crippen molar-refractivity contribution >= 4 is 21.8 Å². The smallest absolute Gasteiger partial charge is 0.256 e. The molecule has 20 heavy (non-hydrogen) atoms. The highest BCUT2D eigenvalue weighted by Crippen LogP contribution is 2.20. The zero-order valence-electron chi connectivity index (χ0n) is 11.7. The second-order valence-electron chi connectivity index (χ2n) is 5.15. The van der Waals surface area contributed by atoms with E-state index in [9.17, 15) is 9.18 Å². The first-order valence-corrected chi connectivity index (χ1v) is 7.89. The van der Waals surface area contributed by atoms with Crippen molar-refractivity contribution in [2.45, 2.75) is 32.2 Å². The molecule has 3 nitrogen and oxygen atoms in total. The van der Waals surface area contributed by atoms with Crippen LogP contribution in [0.25, 0.3) is 0 Å². The monoisotopic (exact) mass is 342 g/mol. The zero-order chi connectivity index (χ0) is 14.5. The molecule has 110 valence electrons. The number of nitrogens with one attached hydrogen (secondary N) is 1. The fraction of sp³-hybridized carbons (Fsp3) is 0.533. The van der Waals surface area contributed by atoms with Crippen molar-refractivity contribution in [3.05, 3.63) is 34.1 Å². The van der Waals surface area contributed by atoms with Gasteiger partial charge >= 0.3 is 0 Å². The van der Waals surface area contributed by atoms with E-state index in [0.29, 0.717) is 23.6 Å². The standard InChI is InChI=1S/C15H20BrFN2O/c1-2-9-19(10-11-5-4-8-18-11)15(20)12-6-3-7-13(16)14(12)17/h3,6-7,11,18H,2,4-5,8-10H2,1H3. The Morgan fingerprint density at radius 3 is 3.00 bits per heavy atom. The van der Waals surface area contributed by atoms with Crippen LogP contribution in [-0.4, -0.2) is 36.5 Å². The molecule has 1 aromatic carbocycles. The van der Waals surface area contributed by atoms with Crippen LogP contribution in [0.2, 0.25) is 0 Å². The van der Waals surface area contributed by atoms with Crippen molar-refractivity contribution in [3.8, 4) is 0 Å². The second kappa shape index (κ2) is 7.18. The highest BCUT2D eigenvalue weighted by atomic mass is 79.9. The lowest BCUT2D eigenvalue weighted by atomic mass is 10.1. The Balaban J connectivity index is 2.14. The topological polar surface area (TPSA) is 32.3 Å². The summed E-state index contributed by atoms with van der Waals surface area (Å²) in [4.78, 5) is 14.3. The summed E-state index contributed by atoms with van der Waals surface area (Å²) >= 11 is 3.13. The van der Waals surface area contributed by atoms with Gasteiger partial charge in [0.05, 0.1) is 10.0 Å². The van der Waals surface area contributed by atoms with Gasteiger partial charge in [-0.3, -0.25) is 4.79 Å². The molecular formula is C15H20BrFN2O. The molecule has 1 fully saturated rings. The summed E-state index contributed by atoms with van der Waals surface area (Å²) in [6, 6.07) is 5.18. The molecule has 1 amide bonds. The van der Waals surface area contributed by atoms with Gasteiger partial charge in [-0.2, -0.15) is 0 Å². The van der Waals surface area contributed by atoms with E-state index in [0.717, 1.165) is 25.8 Å². The van der Waals surface area contributed by atoms with Crippen LogP contribution in [0, 0.1) is 5.82 Å². The minimum absolute atomic E-state index is 0.144. The van der Waals surface area contributed by atoms with Crippen molar-refractivity contribution in [1.82, 2.24) is 10.2 Å². The summed E-state index contributed by atoms with van der Waals surface area (Å²) in [6.07, 6.45) is 3.09. The van der Waals surface area contributed by atoms with Crippen molar-refractivity contribution < 1.29 is 9.18 Å². The molecule has 1 aliphatic heterocycles. The van der Waals surface area contributed by atoms with Crippen LogP contribution in [0.5, 0.6) is 0 Å². The third-order valence-electron chi connectivity index (χ3n) is 3.57. The van der Waals surface area contributed by atoms with Crippen LogP contribution in [-0.2, 0) is 0 Å². The summed E-state index contributed by atoms with van der Waals surface area (Å²) in [5, 5.41) is 3.38. The Morgan fingerprint density at radius 1 is 1.55 bits per heavy atom. The highest BCUT2D eigenvalue weighted by molar-refractivity contribution is 9.10. The number of hydrogen-bond donors (Lipinski definition) is 1. The van der Waals surface area contributed by atoms with Crippen molar-refractivity contribution in [3.63, 3.8) is 0 Å². The fourth-order valence-electron chi connectivity index (χ4n) is 2.56. The maximum Gasteiger partial charge on any atom is 0.256 e. The first kappa shape index (κ1) is 15.4. The number of rotatable bonds is 5. The predicted octanol–water partition coefficient (Wildman–Crippen LogP) is 3.19. The number of benzene rings is 1. The van der Waals surface area contributed by atoms with E-state index in [1.54, 1.807) is 23.1 Å². The normalized spacial score (nSPS) is 18.2. The van der Waals surface area contributed by atoms with Crippen LogP contribution in [0.4, 0.5) is 4.39 Å². The van der Waals surface area contributed by atoms with Crippen LogP contribution in [0.3, 0.4) is 0 Å². The highest BCUT2D eigenvalue weighted by Gasteiger charge is 2.24. The Hall–Kier alpha value is -0.940. The minimum Gasteiger partial charge on any atom is -0.337 e. The Labute approximate surface area is 127 Å². The molecule has 0 bridgehead atoms. The van der Waals surface area contributed by atoms with Crippen molar-refractivity contribution in [1.29, 1.82) is 0 Å². The first-order chi connectivity index (χ1) is 9.63. The third-order valence-corrected chi connectivity index (χ3v) is 4.18. The maximum absolute atomic E-state index is 14.1. The number of amides is 1. The summed E-state index contributed by atoms with van der Waals surface area (Å²) in [6.45, 7) is 4.34. The SMILES string of the molecule is CCCN(CC1CCCN1)C(=O)c1cccc(Br)c1F. The van der Waals surface area contributed by atoms with Crippen LogP contribution in [0.15, 0.2) is 22.7 Å². The van der Waals surface area contributed by atoms with E-state index in [1.807, 2.05) is 6.92 Å². The van der Waals surface area contributed by atoms with Crippen LogP contribution in [0.1, 0.15) is 36.5 Å². The van der Waals surface area contributed by atoms with Gasteiger partial charge in [-0.15, -0.1) is 0 Å². The molecule has 0 saturated carbocycles. The molecule has 5 heteroatoms. The van der Waals surface area contributed by atoms with E-state index >= 15 is 0 Å². The van der Waals surface area contributed by atoms with Gasteiger partial charge in [0.1, 0.15) is 5.82 Å². The van der Waals surface area contributed by atoms with E-state index in [4.69, 9.17) is 0 Å². The van der Waals surface area contributed by atoms with Gasteiger partial charge < -0.3 is 10.2 Å². The Kier molecular flexibility index (Phi) is 5.54. The van der Waals surface area contributed by atoms with Gasteiger partial charge in [-0.25, -0.2) is 4.39 Å². The Morgan fingerprint density at radius 2 is 2.35 bits per heavy atom. The van der Waals surface area contributed by atoms with Crippen LogP contribution >= 0.6 is 15.9 Å². The molecule has 0 aliphatic carbocycles. The van der Waals surface area contributed by atoms with Gasteiger partial charge in [0.25, 0.3) is 5.91 Å². The van der Waals surface area contributed by atoms with E-state index < -0.39 is 5.82 Å². The van der Waals surface area contributed by atoms with Gasteiger partial charge in [-0.1, -0.05) is 13.0 Å². The number of nitrogens with zero attached hydrogens (tertiary/aromatic N) is 1. The quantitative estimate of drug-likeness (QED) is 0.891. The predicted molar refractivity (Wildman–Crippen MR) is 81.3 cm³/mol. The molecule has 0 aromatic heterocycles. The maximum atomic E-state index is 14.1. The molecule has 1 atom stereocenters. The number of carbonyl (C=O) groups excluding carboxylic acids is 1. The molecule has 1 N–H and O–H groups in total. The lowest BCUT2D eigenvalue weighted by molar-refractivity contribution is 0.0737. The van der Waals surface area contributed by atoms with E-state index in [-0.39, 0.29) is 11.5 Å². The van der Waals surface area contributed by atoms with Gasteiger partial charge in [0.15, 0.2) is 0 Å². The number of halogens is 2. The lowest BCUT2D eigenvalue weighted by Gasteiger charge is -2.26. The van der Waals surface area contributed by atoms with E-state index in [1.165, 1.54) is 0 Å². The molecular weight excluding hydrogens is 323 g/mol.